The second-order valence-electron chi connectivity index (χ2n) is 5.29. The van der Waals surface area contributed by atoms with Crippen LogP contribution in [-0.4, -0.2) is 6.54 Å². The van der Waals surface area contributed by atoms with E-state index < -0.39 is 0 Å². The summed E-state index contributed by atoms with van der Waals surface area (Å²) in [7, 11) is 0. The van der Waals surface area contributed by atoms with E-state index >= 15 is 0 Å². The van der Waals surface area contributed by atoms with Gasteiger partial charge in [0.1, 0.15) is 11.3 Å². The summed E-state index contributed by atoms with van der Waals surface area (Å²) in [4.78, 5) is 0. The molecule has 0 amide bonds. The number of fused-ring (bicyclic) bond motifs is 1. The van der Waals surface area contributed by atoms with Gasteiger partial charge in [-0.3, -0.25) is 0 Å². The van der Waals surface area contributed by atoms with Gasteiger partial charge in [0.2, 0.25) is 0 Å². The highest BCUT2D eigenvalue weighted by atomic mass is 16.3. The summed E-state index contributed by atoms with van der Waals surface area (Å²) in [6.07, 6.45) is 1.10. The van der Waals surface area contributed by atoms with Crippen LogP contribution in [0.25, 0.3) is 22.3 Å². The largest absolute Gasteiger partial charge is 0.456 e. The van der Waals surface area contributed by atoms with Gasteiger partial charge < -0.3 is 9.73 Å². The summed E-state index contributed by atoms with van der Waals surface area (Å²) in [6.45, 7) is 5.34. The number of furan rings is 1. The van der Waals surface area contributed by atoms with Crippen molar-refractivity contribution < 1.29 is 4.42 Å². The molecule has 2 heteroatoms. The Morgan fingerprint density at radius 3 is 2.43 bits per heavy atom. The summed E-state index contributed by atoms with van der Waals surface area (Å²) in [5, 5.41) is 4.65. The molecule has 1 heterocycles. The van der Waals surface area contributed by atoms with Crippen LogP contribution < -0.4 is 5.32 Å². The quantitative estimate of drug-likeness (QED) is 0.697. The molecule has 0 saturated heterocycles. The zero-order chi connectivity index (χ0) is 14.7. The average Bonchev–Trinajstić information content (AvgIpc) is 2.97. The van der Waals surface area contributed by atoms with E-state index in [2.05, 4.69) is 55.6 Å². The van der Waals surface area contributed by atoms with Gasteiger partial charge in [-0.05, 0) is 30.7 Å². The Labute approximate surface area is 125 Å². The van der Waals surface area contributed by atoms with Crippen LogP contribution >= 0.6 is 0 Å². The van der Waals surface area contributed by atoms with E-state index in [0.717, 1.165) is 35.3 Å². The summed E-state index contributed by atoms with van der Waals surface area (Å²) in [6, 6.07) is 19.3. The first-order chi connectivity index (χ1) is 10.3. The van der Waals surface area contributed by atoms with Crippen molar-refractivity contribution in [3.8, 4) is 11.3 Å². The molecule has 1 N–H and O–H groups in total. The molecule has 0 spiro atoms. The third kappa shape index (κ3) is 2.86. The fourth-order valence-corrected chi connectivity index (χ4v) is 2.75. The van der Waals surface area contributed by atoms with Gasteiger partial charge in [-0.1, -0.05) is 56.3 Å². The van der Waals surface area contributed by atoms with Crippen molar-refractivity contribution in [1.82, 2.24) is 5.32 Å². The zero-order valence-electron chi connectivity index (χ0n) is 12.6. The van der Waals surface area contributed by atoms with E-state index in [1.54, 1.807) is 0 Å². The topological polar surface area (TPSA) is 25.2 Å². The Balaban J connectivity index is 1.89. The van der Waals surface area contributed by atoms with Gasteiger partial charge in [-0.25, -0.2) is 0 Å². The van der Waals surface area contributed by atoms with E-state index in [0.29, 0.717) is 6.04 Å². The molecule has 0 bridgehead atoms. The van der Waals surface area contributed by atoms with E-state index in [9.17, 15) is 0 Å². The van der Waals surface area contributed by atoms with Crippen molar-refractivity contribution in [2.45, 2.75) is 26.3 Å². The lowest BCUT2D eigenvalue weighted by Crippen LogP contribution is -2.19. The number of benzene rings is 2. The molecule has 0 radical (unpaired) electrons. The summed E-state index contributed by atoms with van der Waals surface area (Å²) < 4.78 is 5.91. The first-order valence-corrected chi connectivity index (χ1v) is 7.64. The van der Waals surface area contributed by atoms with Crippen LogP contribution in [0.5, 0.6) is 0 Å². The smallest absolute Gasteiger partial charge is 0.135 e. The Hall–Kier alpha value is -2.06. The Morgan fingerprint density at radius 1 is 1.00 bits per heavy atom. The van der Waals surface area contributed by atoms with Crippen LogP contribution in [0, 0.1) is 0 Å². The van der Waals surface area contributed by atoms with Gasteiger partial charge in [0.15, 0.2) is 0 Å². The molecule has 0 aliphatic heterocycles. The first kappa shape index (κ1) is 13.9. The maximum absolute atomic E-state index is 5.91. The highest BCUT2D eigenvalue weighted by Gasteiger charge is 2.09. The molecule has 1 unspecified atom stereocenters. The van der Waals surface area contributed by atoms with Crippen molar-refractivity contribution in [1.29, 1.82) is 0 Å². The standard InChI is InChI=1S/C19H21NO/c1-3-17(20-4-2)14-9-11-15(12-10-14)19-13-16-7-5-6-8-18(16)21-19/h5-13,17,20H,3-4H2,1-2H3. The van der Waals surface area contributed by atoms with E-state index in [1.165, 1.54) is 5.56 Å². The van der Waals surface area contributed by atoms with E-state index in [-0.39, 0.29) is 0 Å². The molecule has 0 saturated carbocycles. The number of hydrogen-bond acceptors (Lipinski definition) is 2. The van der Waals surface area contributed by atoms with Crippen LogP contribution in [0.3, 0.4) is 0 Å². The lowest BCUT2D eigenvalue weighted by molar-refractivity contribution is 0.537. The van der Waals surface area contributed by atoms with Crippen LogP contribution in [0.15, 0.2) is 59.0 Å². The van der Waals surface area contributed by atoms with Crippen LogP contribution in [0.2, 0.25) is 0 Å². The maximum atomic E-state index is 5.91. The van der Waals surface area contributed by atoms with Crippen LogP contribution in [0.1, 0.15) is 31.9 Å². The van der Waals surface area contributed by atoms with Crippen molar-refractivity contribution in [2.75, 3.05) is 6.54 Å². The molecule has 2 aromatic carbocycles. The molecule has 3 rings (SSSR count). The van der Waals surface area contributed by atoms with Gasteiger partial charge in [-0.15, -0.1) is 0 Å². The summed E-state index contributed by atoms with van der Waals surface area (Å²) in [5.41, 5.74) is 3.40. The summed E-state index contributed by atoms with van der Waals surface area (Å²) in [5.74, 6) is 0.930. The van der Waals surface area contributed by atoms with Gasteiger partial charge in [0, 0.05) is 17.0 Å². The minimum Gasteiger partial charge on any atom is -0.456 e. The van der Waals surface area contributed by atoms with Crippen molar-refractivity contribution in [2.24, 2.45) is 0 Å². The van der Waals surface area contributed by atoms with Gasteiger partial charge >= 0.3 is 0 Å². The lowest BCUT2D eigenvalue weighted by atomic mass is 10.0. The predicted molar refractivity (Wildman–Crippen MR) is 88.4 cm³/mol. The zero-order valence-corrected chi connectivity index (χ0v) is 12.6. The monoisotopic (exact) mass is 279 g/mol. The Morgan fingerprint density at radius 2 is 1.76 bits per heavy atom. The number of para-hydroxylation sites is 1. The van der Waals surface area contributed by atoms with E-state index in [4.69, 9.17) is 4.42 Å². The summed E-state index contributed by atoms with van der Waals surface area (Å²) >= 11 is 0. The number of hydrogen-bond donors (Lipinski definition) is 1. The van der Waals surface area contributed by atoms with E-state index in [1.807, 2.05) is 18.2 Å². The maximum Gasteiger partial charge on any atom is 0.135 e. The third-order valence-corrected chi connectivity index (χ3v) is 3.88. The predicted octanol–water partition coefficient (Wildman–Crippen LogP) is 5.16. The van der Waals surface area contributed by atoms with Crippen LogP contribution in [-0.2, 0) is 0 Å². The van der Waals surface area contributed by atoms with Crippen molar-refractivity contribution in [3.05, 3.63) is 60.2 Å². The second-order valence-corrected chi connectivity index (χ2v) is 5.29. The van der Waals surface area contributed by atoms with Gasteiger partial charge in [0.25, 0.3) is 0 Å². The normalized spacial score (nSPS) is 12.7. The second kappa shape index (κ2) is 6.15. The molecule has 2 nitrogen and oxygen atoms in total. The molecule has 1 atom stereocenters. The molecule has 0 fully saturated rings. The first-order valence-electron chi connectivity index (χ1n) is 7.64. The van der Waals surface area contributed by atoms with Gasteiger partial charge in [0.05, 0.1) is 0 Å². The SMILES string of the molecule is CCNC(CC)c1ccc(-c2cc3ccccc3o2)cc1. The fourth-order valence-electron chi connectivity index (χ4n) is 2.75. The minimum absolute atomic E-state index is 0.430. The number of nitrogens with one attached hydrogen (secondary N) is 1. The molecule has 1 aromatic heterocycles. The molecule has 108 valence electrons. The fraction of sp³-hybridized carbons (Fsp3) is 0.263. The highest BCUT2D eigenvalue weighted by Crippen LogP contribution is 2.28. The van der Waals surface area contributed by atoms with Crippen molar-refractivity contribution >= 4 is 11.0 Å². The Bertz CT molecular complexity index is 679. The average molecular weight is 279 g/mol. The molecular formula is C19H21NO. The van der Waals surface area contributed by atoms with Crippen molar-refractivity contribution in [3.63, 3.8) is 0 Å². The molecular weight excluding hydrogens is 258 g/mol. The molecule has 0 aliphatic carbocycles. The molecule has 3 aromatic rings. The van der Waals surface area contributed by atoms with Gasteiger partial charge in [-0.2, -0.15) is 0 Å². The molecule has 21 heavy (non-hydrogen) atoms. The highest BCUT2D eigenvalue weighted by molar-refractivity contribution is 5.82. The number of rotatable bonds is 5. The van der Waals surface area contributed by atoms with Crippen LogP contribution in [0.4, 0.5) is 0 Å². The third-order valence-electron chi connectivity index (χ3n) is 3.88. The minimum atomic E-state index is 0.430. The molecule has 0 aliphatic rings. The Kier molecular flexibility index (Phi) is 4.07. The lowest BCUT2D eigenvalue weighted by Gasteiger charge is -2.16.